The highest BCUT2D eigenvalue weighted by atomic mass is 16.3. The van der Waals surface area contributed by atoms with Gasteiger partial charge in [0.25, 0.3) is 0 Å². The number of nitrogens with one attached hydrogen (secondary N) is 1. The Labute approximate surface area is 120 Å². The molecule has 1 aromatic heterocycles. The molecule has 2 unspecified atom stereocenters. The fourth-order valence-electron chi connectivity index (χ4n) is 2.98. The molecule has 112 valence electrons. The third-order valence-corrected chi connectivity index (χ3v) is 4.34. The summed E-state index contributed by atoms with van der Waals surface area (Å²) in [6, 6.07) is -0.0626. The first-order valence-electron chi connectivity index (χ1n) is 7.45. The molecule has 1 amide bonds. The van der Waals surface area contributed by atoms with Crippen molar-refractivity contribution >= 4 is 5.91 Å². The molecule has 1 heterocycles. The van der Waals surface area contributed by atoms with E-state index in [-0.39, 0.29) is 18.1 Å². The smallest absolute Gasteiger partial charge is 0.220 e. The van der Waals surface area contributed by atoms with Crippen LogP contribution in [0.3, 0.4) is 0 Å². The van der Waals surface area contributed by atoms with E-state index in [1.54, 1.807) is 0 Å². The average molecular weight is 279 g/mol. The molecule has 1 aromatic rings. The van der Waals surface area contributed by atoms with Gasteiger partial charge in [0.15, 0.2) is 0 Å². The van der Waals surface area contributed by atoms with E-state index in [2.05, 4.69) is 10.4 Å². The van der Waals surface area contributed by atoms with Gasteiger partial charge in [0.1, 0.15) is 0 Å². The number of aromatic nitrogens is 2. The van der Waals surface area contributed by atoms with Gasteiger partial charge in [-0.05, 0) is 38.7 Å². The lowest BCUT2D eigenvalue weighted by molar-refractivity contribution is -0.123. The lowest BCUT2D eigenvalue weighted by Gasteiger charge is -2.28. The van der Waals surface area contributed by atoms with Crippen LogP contribution in [0.1, 0.15) is 49.1 Å². The summed E-state index contributed by atoms with van der Waals surface area (Å²) in [5.74, 6) is 0.0265. The molecule has 1 aliphatic carbocycles. The number of hydrogen-bond donors (Lipinski definition) is 2. The first-order chi connectivity index (χ1) is 9.49. The van der Waals surface area contributed by atoms with Crippen LogP contribution in [0.2, 0.25) is 0 Å². The summed E-state index contributed by atoms with van der Waals surface area (Å²) in [6.07, 6.45) is 4.61. The normalized spacial score (nSPS) is 22.8. The Morgan fingerprint density at radius 2 is 2.10 bits per heavy atom. The SMILES string of the molecule is Cc1nn(C)c(C)c1CCC(=O)NC1CCCCC1O. The molecule has 20 heavy (non-hydrogen) atoms. The van der Waals surface area contributed by atoms with Crippen molar-refractivity contribution in [3.8, 4) is 0 Å². The van der Waals surface area contributed by atoms with Crippen LogP contribution in [-0.2, 0) is 18.3 Å². The van der Waals surface area contributed by atoms with Gasteiger partial charge in [0.05, 0.1) is 17.8 Å². The number of rotatable bonds is 4. The van der Waals surface area contributed by atoms with E-state index < -0.39 is 0 Å². The third-order valence-electron chi connectivity index (χ3n) is 4.34. The highest BCUT2D eigenvalue weighted by Crippen LogP contribution is 2.19. The highest BCUT2D eigenvalue weighted by molar-refractivity contribution is 5.76. The first kappa shape index (κ1) is 15.0. The molecule has 1 fully saturated rings. The molecule has 0 saturated heterocycles. The zero-order chi connectivity index (χ0) is 14.7. The zero-order valence-corrected chi connectivity index (χ0v) is 12.6. The molecule has 2 N–H and O–H groups in total. The van der Waals surface area contributed by atoms with Gasteiger partial charge in [-0.1, -0.05) is 12.8 Å². The minimum absolute atomic E-state index is 0.0265. The number of amides is 1. The van der Waals surface area contributed by atoms with Crippen LogP contribution >= 0.6 is 0 Å². The Hall–Kier alpha value is -1.36. The van der Waals surface area contributed by atoms with Crippen molar-refractivity contribution in [2.75, 3.05) is 0 Å². The number of nitrogens with zero attached hydrogens (tertiary/aromatic N) is 2. The predicted octanol–water partition coefficient (Wildman–Crippen LogP) is 1.39. The number of carbonyl (C=O) groups excluding carboxylic acids is 1. The van der Waals surface area contributed by atoms with E-state index in [4.69, 9.17) is 0 Å². The molecule has 5 heteroatoms. The Bertz CT molecular complexity index is 482. The van der Waals surface area contributed by atoms with Gasteiger partial charge >= 0.3 is 0 Å². The maximum Gasteiger partial charge on any atom is 0.220 e. The number of aliphatic hydroxyl groups excluding tert-OH is 1. The topological polar surface area (TPSA) is 67.2 Å². The first-order valence-corrected chi connectivity index (χ1v) is 7.45. The molecule has 0 aliphatic heterocycles. The Morgan fingerprint density at radius 3 is 2.70 bits per heavy atom. The lowest BCUT2D eigenvalue weighted by atomic mass is 9.92. The average Bonchev–Trinajstić information content (AvgIpc) is 2.64. The van der Waals surface area contributed by atoms with Gasteiger partial charge in [-0.2, -0.15) is 5.10 Å². The van der Waals surface area contributed by atoms with Crippen molar-refractivity contribution in [3.05, 3.63) is 17.0 Å². The molecular weight excluding hydrogens is 254 g/mol. The second-order valence-corrected chi connectivity index (χ2v) is 5.80. The van der Waals surface area contributed by atoms with Crippen LogP contribution < -0.4 is 5.32 Å². The highest BCUT2D eigenvalue weighted by Gasteiger charge is 2.24. The number of carbonyl (C=O) groups is 1. The minimum atomic E-state index is -0.380. The molecule has 2 rings (SSSR count). The van der Waals surface area contributed by atoms with Gasteiger partial charge in [0, 0.05) is 19.2 Å². The van der Waals surface area contributed by atoms with Crippen molar-refractivity contribution in [3.63, 3.8) is 0 Å². The van der Waals surface area contributed by atoms with Crippen LogP contribution in [0.25, 0.3) is 0 Å². The van der Waals surface area contributed by atoms with Gasteiger partial charge < -0.3 is 10.4 Å². The molecule has 2 atom stereocenters. The van der Waals surface area contributed by atoms with Crippen LogP contribution in [0.5, 0.6) is 0 Å². The maximum absolute atomic E-state index is 12.0. The monoisotopic (exact) mass is 279 g/mol. The number of aliphatic hydroxyl groups is 1. The maximum atomic E-state index is 12.0. The van der Waals surface area contributed by atoms with Crippen molar-refractivity contribution in [1.29, 1.82) is 0 Å². The lowest BCUT2D eigenvalue weighted by Crippen LogP contribution is -2.45. The summed E-state index contributed by atoms with van der Waals surface area (Å²) in [5.41, 5.74) is 3.27. The second kappa shape index (κ2) is 6.39. The molecule has 0 bridgehead atoms. The van der Waals surface area contributed by atoms with Crippen LogP contribution in [0.4, 0.5) is 0 Å². The van der Waals surface area contributed by atoms with Gasteiger partial charge in [-0.15, -0.1) is 0 Å². The van der Waals surface area contributed by atoms with Crippen molar-refractivity contribution in [1.82, 2.24) is 15.1 Å². The summed E-state index contributed by atoms with van der Waals surface area (Å²) in [4.78, 5) is 12.0. The molecule has 0 spiro atoms. The molecule has 5 nitrogen and oxygen atoms in total. The van der Waals surface area contributed by atoms with Gasteiger partial charge in [-0.3, -0.25) is 9.48 Å². The molecule has 0 radical (unpaired) electrons. The molecule has 1 saturated carbocycles. The van der Waals surface area contributed by atoms with Crippen molar-refractivity contribution in [2.45, 2.75) is 64.5 Å². The zero-order valence-electron chi connectivity index (χ0n) is 12.6. The van der Waals surface area contributed by atoms with E-state index in [9.17, 15) is 9.90 Å². The van der Waals surface area contributed by atoms with Crippen LogP contribution in [0, 0.1) is 13.8 Å². The summed E-state index contributed by atoms with van der Waals surface area (Å²) in [6.45, 7) is 4.00. The molecule has 0 aromatic carbocycles. The van der Waals surface area contributed by atoms with Gasteiger partial charge in [0.2, 0.25) is 5.91 Å². The standard InChI is InChI=1S/C15H25N3O2/c1-10-12(11(2)18(3)17-10)8-9-15(20)16-13-6-4-5-7-14(13)19/h13-14,19H,4-9H2,1-3H3,(H,16,20). The quantitative estimate of drug-likeness (QED) is 0.875. The fourth-order valence-corrected chi connectivity index (χ4v) is 2.98. The van der Waals surface area contributed by atoms with Crippen LogP contribution in [-0.4, -0.2) is 32.9 Å². The van der Waals surface area contributed by atoms with Gasteiger partial charge in [-0.25, -0.2) is 0 Å². The second-order valence-electron chi connectivity index (χ2n) is 5.80. The summed E-state index contributed by atoms with van der Waals surface area (Å²) in [7, 11) is 1.92. The summed E-state index contributed by atoms with van der Waals surface area (Å²) in [5, 5.41) is 17.2. The number of aryl methyl sites for hydroxylation is 2. The third kappa shape index (κ3) is 3.39. The predicted molar refractivity (Wildman–Crippen MR) is 77.4 cm³/mol. The minimum Gasteiger partial charge on any atom is -0.391 e. The van der Waals surface area contributed by atoms with E-state index in [1.807, 2.05) is 25.6 Å². The summed E-state index contributed by atoms with van der Waals surface area (Å²) >= 11 is 0. The van der Waals surface area contributed by atoms with Crippen molar-refractivity contribution in [2.24, 2.45) is 7.05 Å². The Morgan fingerprint density at radius 1 is 1.40 bits per heavy atom. The van der Waals surface area contributed by atoms with E-state index in [1.165, 1.54) is 0 Å². The van der Waals surface area contributed by atoms with E-state index >= 15 is 0 Å². The van der Waals surface area contributed by atoms with E-state index in [0.717, 1.165) is 42.6 Å². The Balaban J connectivity index is 1.86. The largest absolute Gasteiger partial charge is 0.391 e. The molecule has 1 aliphatic rings. The van der Waals surface area contributed by atoms with Crippen molar-refractivity contribution < 1.29 is 9.90 Å². The summed E-state index contributed by atoms with van der Waals surface area (Å²) < 4.78 is 1.85. The van der Waals surface area contributed by atoms with E-state index in [0.29, 0.717) is 12.8 Å². The number of hydrogen-bond acceptors (Lipinski definition) is 3. The Kier molecular flexibility index (Phi) is 4.81. The van der Waals surface area contributed by atoms with Crippen LogP contribution in [0.15, 0.2) is 0 Å². The fraction of sp³-hybridized carbons (Fsp3) is 0.733. The molecular formula is C15H25N3O2.